The lowest BCUT2D eigenvalue weighted by molar-refractivity contribution is 0.246. The first-order chi connectivity index (χ1) is 11.0. The van der Waals surface area contributed by atoms with Gasteiger partial charge in [0, 0.05) is 66.5 Å². The van der Waals surface area contributed by atoms with Gasteiger partial charge in [0.1, 0.15) is 0 Å². The Kier molecular flexibility index (Phi) is 4.74. The number of nitrogens with one attached hydrogen (secondary N) is 1. The van der Waals surface area contributed by atoms with Gasteiger partial charge in [-0.2, -0.15) is 0 Å². The molecule has 1 N–H and O–H groups in total. The zero-order chi connectivity index (χ0) is 16.4. The van der Waals surface area contributed by atoms with Gasteiger partial charge in [-0.05, 0) is 38.1 Å². The van der Waals surface area contributed by atoms with Crippen LogP contribution in [0.25, 0.3) is 0 Å². The quantitative estimate of drug-likeness (QED) is 0.940. The fourth-order valence-electron chi connectivity index (χ4n) is 3.01. The van der Waals surface area contributed by atoms with E-state index in [2.05, 4.69) is 26.9 Å². The highest BCUT2D eigenvalue weighted by Gasteiger charge is 2.18. The van der Waals surface area contributed by atoms with E-state index in [1.54, 1.807) is 0 Å². The van der Waals surface area contributed by atoms with E-state index >= 15 is 0 Å². The van der Waals surface area contributed by atoms with E-state index in [1.165, 1.54) is 5.69 Å². The Hall–Kier alpha value is -1.78. The van der Waals surface area contributed by atoms with Crippen LogP contribution < -0.4 is 10.3 Å². The molecule has 0 saturated carbocycles. The first-order valence-corrected chi connectivity index (χ1v) is 8.33. The number of benzene rings is 1. The van der Waals surface area contributed by atoms with Crippen LogP contribution in [0.1, 0.15) is 16.8 Å². The Morgan fingerprint density at radius 2 is 1.74 bits per heavy atom. The summed E-state index contributed by atoms with van der Waals surface area (Å²) >= 11 is 5.95. The third-order valence-corrected chi connectivity index (χ3v) is 4.81. The molecular weight excluding hydrogens is 310 g/mol. The van der Waals surface area contributed by atoms with Gasteiger partial charge < -0.3 is 9.88 Å². The molecule has 0 spiro atoms. The molecule has 3 rings (SSSR count). The minimum absolute atomic E-state index is 0.151. The minimum Gasteiger partial charge on any atom is -0.369 e. The van der Waals surface area contributed by atoms with E-state index in [0.29, 0.717) is 0 Å². The number of aryl methyl sites for hydroxylation is 1. The molecule has 4 nitrogen and oxygen atoms in total. The van der Waals surface area contributed by atoms with Crippen molar-refractivity contribution in [3.63, 3.8) is 0 Å². The molecule has 1 aromatic heterocycles. The second kappa shape index (κ2) is 6.77. The van der Waals surface area contributed by atoms with Crippen molar-refractivity contribution in [2.75, 3.05) is 31.1 Å². The lowest BCUT2D eigenvalue weighted by Crippen LogP contribution is -2.46. The molecule has 1 aromatic carbocycles. The number of nitrogens with zero attached hydrogens (tertiary/aromatic N) is 2. The molecule has 1 aliphatic heterocycles. The number of anilines is 1. The fraction of sp³-hybridized carbons (Fsp3) is 0.389. The van der Waals surface area contributed by atoms with Gasteiger partial charge in [0.05, 0.1) is 0 Å². The van der Waals surface area contributed by atoms with Crippen LogP contribution in [0, 0.1) is 13.8 Å². The minimum atomic E-state index is 0.151. The molecule has 1 aliphatic rings. The van der Waals surface area contributed by atoms with Crippen molar-refractivity contribution < 1.29 is 0 Å². The maximum absolute atomic E-state index is 12.0. The third kappa shape index (κ3) is 3.59. The summed E-state index contributed by atoms with van der Waals surface area (Å²) in [5.41, 5.74) is 4.01. The van der Waals surface area contributed by atoms with Crippen LogP contribution in [0.2, 0.25) is 5.02 Å². The van der Waals surface area contributed by atoms with E-state index in [1.807, 2.05) is 32.2 Å². The van der Waals surface area contributed by atoms with Crippen molar-refractivity contribution in [3.05, 3.63) is 62.5 Å². The Morgan fingerprint density at radius 1 is 1.09 bits per heavy atom. The predicted molar refractivity (Wildman–Crippen MR) is 95.5 cm³/mol. The lowest BCUT2D eigenvalue weighted by Gasteiger charge is -2.36. The summed E-state index contributed by atoms with van der Waals surface area (Å²) in [7, 11) is 0. The van der Waals surface area contributed by atoms with E-state index in [-0.39, 0.29) is 5.43 Å². The molecule has 1 fully saturated rings. The second-order valence-electron chi connectivity index (χ2n) is 6.14. The largest absolute Gasteiger partial charge is 0.369 e. The fourth-order valence-corrected chi connectivity index (χ4v) is 3.13. The van der Waals surface area contributed by atoms with Crippen LogP contribution in [0.4, 0.5) is 5.69 Å². The van der Waals surface area contributed by atoms with E-state index in [4.69, 9.17) is 11.6 Å². The van der Waals surface area contributed by atoms with Crippen LogP contribution in [0.3, 0.4) is 0 Å². The summed E-state index contributed by atoms with van der Waals surface area (Å²) in [5, 5.41) is 0.770. The molecule has 122 valence electrons. The molecule has 2 heterocycles. The SMILES string of the molecule is Cc1c[nH]c(CN2CCN(c3ccc(Cl)cc3)CC2)c(C)c1=O. The van der Waals surface area contributed by atoms with E-state index < -0.39 is 0 Å². The van der Waals surface area contributed by atoms with E-state index in [0.717, 1.165) is 54.6 Å². The van der Waals surface area contributed by atoms with Crippen LogP contribution in [0.5, 0.6) is 0 Å². The normalized spacial score (nSPS) is 15.9. The van der Waals surface area contributed by atoms with Gasteiger partial charge in [0.2, 0.25) is 0 Å². The van der Waals surface area contributed by atoms with Crippen molar-refractivity contribution in [2.45, 2.75) is 20.4 Å². The Morgan fingerprint density at radius 3 is 2.39 bits per heavy atom. The number of hydrogen-bond acceptors (Lipinski definition) is 3. The van der Waals surface area contributed by atoms with Crippen LogP contribution in [0.15, 0.2) is 35.3 Å². The molecule has 23 heavy (non-hydrogen) atoms. The smallest absolute Gasteiger partial charge is 0.187 e. The van der Waals surface area contributed by atoms with Crippen LogP contribution in [-0.2, 0) is 6.54 Å². The molecule has 2 aromatic rings. The van der Waals surface area contributed by atoms with Gasteiger partial charge in [-0.3, -0.25) is 9.69 Å². The highest BCUT2D eigenvalue weighted by atomic mass is 35.5. The monoisotopic (exact) mass is 331 g/mol. The molecule has 5 heteroatoms. The number of aromatic amines is 1. The Bertz CT molecular complexity index is 731. The zero-order valence-electron chi connectivity index (χ0n) is 13.6. The molecule has 0 aliphatic carbocycles. The van der Waals surface area contributed by atoms with Gasteiger partial charge in [-0.1, -0.05) is 11.6 Å². The molecule has 0 bridgehead atoms. The summed E-state index contributed by atoms with van der Waals surface area (Å²) < 4.78 is 0. The van der Waals surface area contributed by atoms with Crippen molar-refractivity contribution in [2.24, 2.45) is 0 Å². The summed E-state index contributed by atoms with van der Waals surface area (Å²) in [6.45, 7) is 8.49. The van der Waals surface area contributed by atoms with Crippen LogP contribution >= 0.6 is 11.6 Å². The summed E-state index contributed by atoms with van der Waals surface area (Å²) in [5.74, 6) is 0. The van der Waals surface area contributed by atoms with Crippen molar-refractivity contribution >= 4 is 17.3 Å². The Balaban J connectivity index is 1.62. The van der Waals surface area contributed by atoms with Gasteiger partial charge in [0.15, 0.2) is 5.43 Å². The first-order valence-electron chi connectivity index (χ1n) is 7.95. The zero-order valence-corrected chi connectivity index (χ0v) is 14.4. The van der Waals surface area contributed by atoms with Gasteiger partial charge in [-0.25, -0.2) is 0 Å². The molecular formula is C18H22ClN3O. The maximum atomic E-state index is 12.0. The standard InChI is InChI=1S/C18H22ClN3O/c1-13-11-20-17(14(2)18(13)23)12-21-7-9-22(10-8-21)16-5-3-15(19)4-6-16/h3-6,11H,7-10,12H2,1-2H3,(H,20,23). The Labute approximate surface area is 141 Å². The molecule has 1 saturated heterocycles. The van der Waals surface area contributed by atoms with Crippen molar-refractivity contribution in [1.29, 1.82) is 0 Å². The average molecular weight is 332 g/mol. The first kappa shape index (κ1) is 16.1. The number of H-pyrrole nitrogens is 1. The molecule has 0 unspecified atom stereocenters. The number of halogens is 1. The highest BCUT2D eigenvalue weighted by Crippen LogP contribution is 2.20. The average Bonchev–Trinajstić information content (AvgIpc) is 2.57. The molecule has 0 amide bonds. The maximum Gasteiger partial charge on any atom is 0.187 e. The van der Waals surface area contributed by atoms with Crippen molar-refractivity contribution in [1.82, 2.24) is 9.88 Å². The number of rotatable bonds is 3. The third-order valence-electron chi connectivity index (χ3n) is 4.56. The topological polar surface area (TPSA) is 39.3 Å². The summed E-state index contributed by atoms with van der Waals surface area (Å²) in [6.07, 6.45) is 1.81. The second-order valence-corrected chi connectivity index (χ2v) is 6.58. The van der Waals surface area contributed by atoms with Gasteiger partial charge in [0.25, 0.3) is 0 Å². The van der Waals surface area contributed by atoms with Gasteiger partial charge >= 0.3 is 0 Å². The molecule has 0 radical (unpaired) electrons. The number of piperazine rings is 1. The lowest BCUT2D eigenvalue weighted by atomic mass is 10.1. The summed E-state index contributed by atoms with van der Waals surface area (Å²) in [4.78, 5) is 20.1. The number of hydrogen-bond donors (Lipinski definition) is 1. The van der Waals surface area contributed by atoms with Crippen molar-refractivity contribution in [3.8, 4) is 0 Å². The number of aromatic nitrogens is 1. The summed E-state index contributed by atoms with van der Waals surface area (Å²) in [6, 6.07) is 8.01. The van der Waals surface area contributed by atoms with Crippen LogP contribution in [-0.4, -0.2) is 36.1 Å². The predicted octanol–water partition coefficient (Wildman–Crippen LogP) is 2.97. The highest BCUT2D eigenvalue weighted by molar-refractivity contribution is 6.30. The van der Waals surface area contributed by atoms with E-state index in [9.17, 15) is 4.79 Å². The molecule has 0 atom stereocenters. The number of pyridine rings is 1. The van der Waals surface area contributed by atoms with Gasteiger partial charge in [-0.15, -0.1) is 0 Å².